The molecule has 0 saturated heterocycles. The molecule has 0 aliphatic carbocycles. The number of hydrogen-bond donors (Lipinski definition) is 0. The Balaban J connectivity index is 2.95. The summed E-state index contributed by atoms with van der Waals surface area (Å²) in [7, 11) is 1.44. The smallest absolute Gasteiger partial charge is 0.325 e. The van der Waals surface area contributed by atoms with Gasteiger partial charge in [-0.1, -0.05) is 32.6 Å². The first-order valence-electron chi connectivity index (χ1n) is 4.38. The molecule has 0 unspecified atom stereocenters. The molecule has 11 heavy (non-hydrogen) atoms. The van der Waals surface area contributed by atoms with E-state index in [9.17, 15) is 4.79 Å². The van der Waals surface area contributed by atoms with Crippen LogP contribution in [0.2, 0.25) is 0 Å². The van der Waals surface area contributed by atoms with Crippen molar-refractivity contribution in [3.8, 4) is 0 Å². The highest BCUT2D eigenvalue weighted by Crippen LogP contribution is 2.04. The van der Waals surface area contributed by atoms with Gasteiger partial charge in [-0.15, -0.1) is 0 Å². The van der Waals surface area contributed by atoms with Crippen LogP contribution in [-0.2, 0) is 9.45 Å². The normalized spacial score (nSPS) is 9.55. The molecule has 0 rings (SSSR count). The van der Waals surface area contributed by atoms with Gasteiger partial charge in [-0.2, -0.15) is 0 Å². The predicted molar refractivity (Wildman–Crippen MR) is 48.0 cm³/mol. The average Bonchev–Trinajstić information content (AvgIpc) is 2.04. The molecule has 0 saturated carbocycles. The van der Waals surface area contributed by atoms with E-state index in [1.165, 1.54) is 27.3 Å². The fourth-order valence-corrected chi connectivity index (χ4v) is 0.975. The fraction of sp³-hybridized carbons (Fsp3) is 0.875. The van der Waals surface area contributed by atoms with Gasteiger partial charge >= 0.3 is 8.05 Å². The summed E-state index contributed by atoms with van der Waals surface area (Å²) in [6.07, 6.45) is 6.49. The van der Waals surface area contributed by atoms with E-state index < -0.39 is 0 Å². The molecular formula is C8H17BO2. The number of unbranched alkanes of at least 4 members (excludes halogenated alkanes) is 4. The number of rotatable bonds is 6. The van der Waals surface area contributed by atoms with Crippen LogP contribution in [0.25, 0.3) is 0 Å². The van der Waals surface area contributed by atoms with Crippen LogP contribution < -0.4 is 0 Å². The predicted octanol–water partition coefficient (Wildman–Crippen LogP) is 1.44. The van der Waals surface area contributed by atoms with Gasteiger partial charge in [0, 0.05) is 6.42 Å². The lowest BCUT2D eigenvalue weighted by molar-refractivity contribution is -0.134. The third-order valence-corrected chi connectivity index (χ3v) is 1.71. The van der Waals surface area contributed by atoms with Crippen molar-refractivity contribution in [2.75, 3.05) is 0 Å². The van der Waals surface area contributed by atoms with Gasteiger partial charge in [0.2, 0.25) is 0 Å². The molecule has 0 bridgehead atoms. The highest BCUT2D eigenvalue weighted by atomic mass is 16.5. The van der Waals surface area contributed by atoms with Gasteiger partial charge < -0.3 is 4.65 Å². The van der Waals surface area contributed by atoms with E-state index >= 15 is 0 Å². The van der Waals surface area contributed by atoms with Crippen molar-refractivity contribution >= 4 is 14.0 Å². The largest absolute Gasteiger partial charge is 0.543 e. The second-order valence-corrected chi connectivity index (χ2v) is 2.74. The summed E-state index contributed by atoms with van der Waals surface area (Å²) in [5.41, 5.74) is 0. The molecule has 0 atom stereocenters. The molecule has 0 aromatic carbocycles. The number of hydrogen-bond acceptors (Lipinski definition) is 2. The maximum absolute atomic E-state index is 10.6. The van der Waals surface area contributed by atoms with E-state index in [4.69, 9.17) is 0 Å². The van der Waals surface area contributed by atoms with Crippen LogP contribution in [-0.4, -0.2) is 14.0 Å². The topological polar surface area (TPSA) is 26.3 Å². The third kappa shape index (κ3) is 7.43. The molecule has 3 heteroatoms. The first-order valence-corrected chi connectivity index (χ1v) is 4.38. The van der Waals surface area contributed by atoms with Crippen molar-refractivity contribution in [1.29, 1.82) is 0 Å². The first kappa shape index (κ1) is 10.5. The highest BCUT2D eigenvalue weighted by molar-refractivity contribution is 6.05. The zero-order valence-electron chi connectivity index (χ0n) is 7.56. The molecule has 0 heterocycles. The molecule has 0 aromatic heterocycles. The van der Waals surface area contributed by atoms with E-state index in [1.54, 1.807) is 0 Å². The fourth-order valence-electron chi connectivity index (χ4n) is 0.975. The Morgan fingerprint density at radius 1 is 1.27 bits per heavy atom. The molecule has 0 aliphatic rings. The van der Waals surface area contributed by atoms with Crippen molar-refractivity contribution in [2.45, 2.75) is 45.4 Å². The SMILES string of the molecule is BOC(=O)CCCCCCC. The van der Waals surface area contributed by atoms with Crippen LogP contribution in [0.5, 0.6) is 0 Å². The van der Waals surface area contributed by atoms with Crippen molar-refractivity contribution in [2.24, 2.45) is 0 Å². The van der Waals surface area contributed by atoms with Gasteiger partial charge in [0.25, 0.3) is 5.97 Å². The van der Waals surface area contributed by atoms with Crippen LogP contribution in [0.1, 0.15) is 45.4 Å². The molecule has 0 fully saturated rings. The summed E-state index contributed by atoms with van der Waals surface area (Å²) < 4.78 is 4.52. The molecule has 0 spiro atoms. The van der Waals surface area contributed by atoms with E-state index in [2.05, 4.69) is 11.6 Å². The first-order chi connectivity index (χ1) is 5.31. The van der Waals surface area contributed by atoms with Crippen molar-refractivity contribution in [3.63, 3.8) is 0 Å². The van der Waals surface area contributed by atoms with Crippen LogP contribution >= 0.6 is 0 Å². The summed E-state index contributed by atoms with van der Waals surface area (Å²) in [4.78, 5) is 10.6. The van der Waals surface area contributed by atoms with Gasteiger partial charge in [0.15, 0.2) is 0 Å². The molecule has 0 radical (unpaired) electrons. The minimum atomic E-state index is -0.0819. The molecule has 2 nitrogen and oxygen atoms in total. The van der Waals surface area contributed by atoms with Crippen molar-refractivity contribution in [1.82, 2.24) is 0 Å². The van der Waals surface area contributed by atoms with Crippen LogP contribution in [0.4, 0.5) is 0 Å². The zero-order valence-corrected chi connectivity index (χ0v) is 7.56. The molecular weight excluding hydrogens is 139 g/mol. The lowest BCUT2D eigenvalue weighted by atomic mass is 10.1. The average molecular weight is 156 g/mol. The summed E-state index contributed by atoms with van der Waals surface area (Å²) in [5, 5.41) is 0. The summed E-state index contributed by atoms with van der Waals surface area (Å²) >= 11 is 0. The van der Waals surface area contributed by atoms with Gasteiger partial charge in [-0.3, -0.25) is 4.79 Å². The van der Waals surface area contributed by atoms with Crippen LogP contribution in [0.3, 0.4) is 0 Å². The van der Waals surface area contributed by atoms with Crippen LogP contribution in [0.15, 0.2) is 0 Å². The standard InChI is InChI=1S/C8H17BO2/c1-2-3-4-5-6-7-8(10)11-9/h2-7,9H2,1H3. The van der Waals surface area contributed by atoms with Gasteiger partial charge in [-0.25, -0.2) is 0 Å². The Labute approximate surface area is 69.8 Å². The highest BCUT2D eigenvalue weighted by Gasteiger charge is 1.97. The minimum absolute atomic E-state index is 0.0819. The van der Waals surface area contributed by atoms with Crippen molar-refractivity contribution < 1.29 is 9.45 Å². The summed E-state index contributed by atoms with van der Waals surface area (Å²) in [5.74, 6) is -0.0819. The minimum Gasteiger partial charge on any atom is -0.543 e. The lowest BCUT2D eigenvalue weighted by Crippen LogP contribution is -2.00. The number of carbonyl (C=O) groups is 1. The second-order valence-electron chi connectivity index (χ2n) is 2.74. The quantitative estimate of drug-likeness (QED) is 0.429. The van der Waals surface area contributed by atoms with E-state index in [1.807, 2.05) is 0 Å². The van der Waals surface area contributed by atoms with Gasteiger partial charge in [-0.05, 0) is 6.42 Å². The molecule has 0 amide bonds. The molecule has 0 aliphatic heterocycles. The van der Waals surface area contributed by atoms with Crippen molar-refractivity contribution in [3.05, 3.63) is 0 Å². The number of carbonyl (C=O) groups excluding carboxylic acids is 1. The Bertz CT molecular complexity index is 104. The third-order valence-electron chi connectivity index (χ3n) is 1.71. The van der Waals surface area contributed by atoms with E-state index in [-0.39, 0.29) is 5.97 Å². The molecule has 0 aromatic rings. The van der Waals surface area contributed by atoms with Crippen LogP contribution in [0, 0.1) is 0 Å². The second kappa shape index (κ2) is 7.64. The van der Waals surface area contributed by atoms with Gasteiger partial charge in [0.1, 0.15) is 0 Å². The van der Waals surface area contributed by atoms with Gasteiger partial charge in [0.05, 0.1) is 0 Å². The Morgan fingerprint density at radius 3 is 2.45 bits per heavy atom. The molecule has 0 N–H and O–H groups in total. The zero-order chi connectivity index (χ0) is 8.53. The maximum Gasteiger partial charge on any atom is 0.325 e. The lowest BCUT2D eigenvalue weighted by Gasteiger charge is -1.98. The molecule has 64 valence electrons. The Hall–Kier alpha value is -0.465. The Morgan fingerprint density at radius 2 is 1.91 bits per heavy atom. The Kier molecular flexibility index (Phi) is 7.32. The monoisotopic (exact) mass is 156 g/mol. The maximum atomic E-state index is 10.6. The summed E-state index contributed by atoms with van der Waals surface area (Å²) in [6, 6.07) is 0. The summed E-state index contributed by atoms with van der Waals surface area (Å²) in [6.45, 7) is 2.18. The van der Waals surface area contributed by atoms with E-state index in [0.29, 0.717) is 6.42 Å². The van der Waals surface area contributed by atoms with E-state index in [0.717, 1.165) is 12.8 Å².